The van der Waals surface area contributed by atoms with Gasteiger partial charge in [-0.3, -0.25) is 25.2 Å². The first-order valence-electron chi connectivity index (χ1n) is 14.2. The Bertz CT molecular complexity index is 1060. The monoisotopic (exact) mass is 562 g/mol. The van der Waals surface area contributed by atoms with E-state index in [9.17, 15) is 14.4 Å². The van der Waals surface area contributed by atoms with E-state index >= 15 is 4.39 Å². The SMILES string of the molecule is COc1c(NC2CCC(=O)NC2=O)ccc(N2CCN(CCC3CCN(NC(=O)OC(C)(C)C)CC3)CC2)c1F. The summed E-state index contributed by atoms with van der Waals surface area (Å²) >= 11 is 0. The number of piperidine rings is 2. The van der Waals surface area contributed by atoms with Crippen LogP contribution in [0.4, 0.5) is 20.6 Å². The number of hydrazine groups is 1. The number of benzene rings is 1. The number of imide groups is 1. The lowest BCUT2D eigenvalue weighted by molar-refractivity contribution is -0.133. The molecular weight excluding hydrogens is 519 g/mol. The lowest BCUT2D eigenvalue weighted by atomic mass is 9.94. The predicted octanol–water partition coefficient (Wildman–Crippen LogP) is 2.72. The minimum atomic E-state index is -0.617. The van der Waals surface area contributed by atoms with Crippen molar-refractivity contribution >= 4 is 29.3 Å². The third kappa shape index (κ3) is 7.97. The van der Waals surface area contributed by atoms with Gasteiger partial charge < -0.3 is 19.7 Å². The molecular formula is C28H43FN6O5. The second-order valence-corrected chi connectivity index (χ2v) is 11.8. The Morgan fingerprint density at radius 2 is 1.77 bits per heavy atom. The van der Waals surface area contributed by atoms with E-state index in [-0.39, 0.29) is 18.1 Å². The number of hydrogen-bond donors (Lipinski definition) is 3. The van der Waals surface area contributed by atoms with E-state index in [4.69, 9.17) is 9.47 Å². The quantitative estimate of drug-likeness (QED) is 0.412. The largest absolute Gasteiger partial charge is 0.492 e. The van der Waals surface area contributed by atoms with Crippen LogP contribution in [0.25, 0.3) is 0 Å². The van der Waals surface area contributed by atoms with Gasteiger partial charge in [0, 0.05) is 45.7 Å². The highest BCUT2D eigenvalue weighted by atomic mass is 19.1. The third-order valence-electron chi connectivity index (χ3n) is 7.68. The van der Waals surface area contributed by atoms with E-state index < -0.39 is 29.5 Å². The standard InChI is InChI=1S/C28H43FN6O5/c1-28(2,3)40-27(38)32-35-13-10-19(11-14-35)9-12-33-15-17-34(18-16-33)22-7-5-20(25(39-4)24(22)29)30-21-6-8-23(36)31-26(21)37/h5,7,19,21,30H,6,8-18H2,1-4H3,(H,32,38)(H,31,36,37). The van der Waals surface area contributed by atoms with Crippen LogP contribution in [0.5, 0.6) is 5.75 Å². The molecule has 3 amide bonds. The van der Waals surface area contributed by atoms with Crippen molar-refractivity contribution in [2.75, 3.05) is 63.1 Å². The Hall–Kier alpha value is -3.12. The lowest BCUT2D eigenvalue weighted by Gasteiger charge is -2.38. The second-order valence-electron chi connectivity index (χ2n) is 11.8. The maximum atomic E-state index is 15.5. The normalized spacial score (nSPS) is 21.6. The molecule has 3 saturated heterocycles. The zero-order valence-corrected chi connectivity index (χ0v) is 24.1. The minimum Gasteiger partial charge on any atom is -0.492 e. The highest BCUT2D eigenvalue weighted by Crippen LogP contribution is 2.36. The Morgan fingerprint density at radius 1 is 1.07 bits per heavy atom. The van der Waals surface area contributed by atoms with Crippen molar-refractivity contribution in [2.24, 2.45) is 5.92 Å². The zero-order valence-electron chi connectivity index (χ0n) is 24.1. The van der Waals surface area contributed by atoms with Gasteiger partial charge in [0.15, 0.2) is 11.6 Å². The number of methoxy groups -OCH3 is 1. The average Bonchev–Trinajstić information content (AvgIpc) is 2.89. The number of ether oxygens (including phenoxy) is 2. The molecule has 3 N–H and O–H groups in total. The van der Waals surface area contributed by atoms with Crippen LogP contribution in [0.3, 0.4) is 0 Å². The summed E-state index contributed by atoms with van der Waals surface area (Å²) in [5.74, 6) is -0.492. The van der Waals surface area contributed by atoms with Crippen molar-refractivity contribution in [1.29, 1.82) is 0 Å². The van der Waals surface area contributed by atoms with E-state index in [2.05, 4.69) is 21.0 Å². The minimum absolute atomic E-state index is 0.0668. The summed E-state index contributed by atoms with van der Waals surface area (Å²) in [4.78, 5) is 40.0. The molecule has 3 aliphatic rings. The number of carbonyl (C=O) groups is 3. The number of nitrogens with zero attached hydrogens (tertiary/aromatic N) is 3. The Morgan fingerprint density at radius 3 is 2.40 bits per heavy atom. The van der Waals surface area contributed by atoms with Crippen molar-refractivity contribution in [2.45, 2.75) is 64.5 Å². The highest BCUT2D eigenvalue weighted by Gasteiger charge is 2.29. The first kappa shape index (κ1) is 29.9. The highest BCUT2D eigenvalue weighted by molar-refractivity contribution is 6.01. The summed E-state index contributed by atoms with van der Waals surface area (Å²) in [6, 6.07) is 2.84. The van der Waals surface area contributed by atoms with Crippen molar-refractivity contribution < 1.29 is 28.2 Å². The molecule has 222 valence electrons. The van der Waals surface area contributed by atoms with Crippen LogP contribution in [0.2, 0.25) is 0 Å². The van der Waals surface area contributed by atoms with E-state index in [1.54, 1.807) is 12.1 Å². The molecule has 1 aromatic carbocycles. The second kappa shape index (κ2) is 13.0. The number of halogens is 1. The number of carbonyl (C=O) groups excluding carboxylic acids is 3. The molecule has 1 atom stereocenters. The van der Waals surface area contributed by atoms with Crippen LogP contribution in [-0.4, -0.2) is 92.4 Å². The summed E-state index contributed by atoms with van der Waals surface area (Å²) in [5.41, 5.74) is 3.21. The van der Waals surface area contributed by atoms with Crippen molar-refractivity contribution in [3.05, 3.63) is 17.9 Å². The molecule has 0 bridgehead atoms. The van der Waals surface area contributed by atoms with Gasteiger partial charge in [0.25, 0.3) is 0 Å². The molecule has 4 rings (SSSR count). The van der Waals surface area contributed by atoms with Gasteiger partial charge in [-0.25, -0.2) is 14.2 Å². The number of nitrogens with one attached hydrogen (secondary N) is 3. The van der Waals surface area contributed by atoms with Gasteiger partial charge in [-0.15, -0.1) is 0 Å². The molecule has 1 unspecified atom stereocenters. The van der Waals surface area contributed by atoms with Crippen LogP contribution >= 0.6 is 0 Å². The molecule has 3 heterocycles. The molecule has 0 radical (unpaired) electrons. The molecule has 12 heteroatoms. The van der Waals surface area contributed by atoms with E-state index in [1.807, 2.05) is 30.7 Å². The average molecular weight is 563 g/mol. The van der Waals surface area contributed by atoms with E-state index in [0.717, 1.165) is 52.0 Å². The molecule has 0 spiro atoms. The van der Waals surface area contributed by atoms with Gasteiger partial charge >= 0.3 is 6.09 Å². The molecule has 3 fully saturated rings. The van der Waals surface area contributed by atoms with Crippen molar-refractivity contribution in [3.8, 4) is 5.75 Å². The number of rotatable bonds is 8. The number of amides is 3. The predicted molar refractivity (Wildman–Crippen MR) is 150 cm³/mol. The van der Waals surface area contributed by atoms with Crippen LogP contribution < -0.4 is 25.7 Å². The van der Waals surface area contributed by atoms with Gasteiger partial charge in [-0.2, -0.15) is 0 Å². The summed E-state index contributed by atoms with van der Waals surface area (Å²) in [5, 5.41) is 7.28. The Kier molecular flexibility index (Phi) is 9.72. The van der Waals surface area contributed by atoms with Gasteiger partial charge in [-0.1, -0.05) is 0 Å². The molecule has 0 saturated carbocycles. The Balaban J connectivity index is 1.21. The summed E-state index contributed by atoms with van der Waals surface area (Å²) in [7, 11) is 1.41. The van der Waals surface area contributed by atoms with Gasteiger partial charge in [0.2, 0.25) is 11.8 Å². The van der Waals surface area contributed by atoms with Gasteiger partial charge in [0.05, 0.1) is 18.5 Å². The lowest BCUT2D eigenvalue weighted by Crippen LogP contribution is -2.49. The van der Waals surface area contributed by atoms with Crippen LogP contribution in [-0.2, 0) is 14.3 Å². The first-order chi connectivity index (χ1) is 19.0. The molecule has 0 aromatic heterocycles. The summed E-state index contributed by atoms with van der Waals surface area (Å²) < 4.78 is 26.2. The maximum absolute atomic E-state index is 15.5. The number of hydrogen-bond acceptors (Lipinski definition) is 9. The van der Waals surface area contributed by atoms with Crippen molar-refractivity contribution in [3.63, 3.8) is 0 Å². The third-order valence-corrected chi connectivity index (χ3v) is 7.68. The van der Waals surface area contributed by atoms with Gasteiger partial charge in [-0.05, 0) is 71.0 Å². The molecule has 1 aromatic rings. The first-order valence-corrected chi connectivity index (χ1v) is 14.2. The zero-order chi connectivity index (χ0) is 28.9. The van der Waals surface area contributed by atoms with E-state index in [0.29, 0.717) is 36.8 Å². The maximum Gasteiger partial charge on any atom is 0.422 e. The smallest absolute Gasteiger partial charge is 0.422 e. The van der Waals surface area contributed by atoms with Crippen LogP contribution in [0, 0.1) is 11.7 Å². The molecule has 0 aliphatic carbocycles. The fourth-order valence-electron chi connectivity index (χ4n) is 5.46. The number of piperazine rings is 1. The fourth-order valence-corrected chi connectivity index (χ4v) is 5.46. The molecule has 3 aliphatic heterocycles. The summed E-state index contributed by atoms with van der Waals surface area (Å²) in [6.07, 6.45) is 3.34. The van der Waals surface area contributed by atoms with Crippen LogP contribution in [0.1, 0.15) is 52.9 Å². The Labute approximate surface area is 235 Å². The van der Waals surface area contributed by atoms with Crippen molar-refractivity contribution in [1.82, 2.24) is 20.7 Å². The van der Waals surface area contributed by atoms with Crippen LogP contribution in [0.15, 0.2) is 12.1 Å². The molecule has 40 heavy (non-hydrogen) atoms. The van der Waals surface area contributed by atoms with Gasteiger partial charge in [0.1, 0.15) is 11.6 Å². The fraction of sp³-hybridized carbons (Fsp3) is 0.679. The summed E-state index contributed by atoms with van der Waals surface area (Å²) in [6.45, 7) is 11.3. The topological polar surface area (TPSA) is 115 Å². The van der Waals surface area contributed by atoms with E-state index in [1.165, 1.54) is 7.11 Å². The number of anilines is 2. The molecule has 11 nitrogen and oxygen atoms in total.